The summed E-state index contributed by atoms with van der Waals surface area (Å²) < 4.78 is 0. The van der Waals surface area contributed by atoms with E-state index < -0.39 is 11.9 Å². The summed E-state index contributed by atoms with van der Waals surface area (Å²) in [7, 11) is 1.67. The Morgan fingerprint density at radius 2 is 1.75 bits per heavy atom. The molecule has 2 rings (SSSR count). The maximum atomic E-state index is 11.8. The number of aliphatic carboxylic acids is 1. The van der Waals surface area contributed by atoms with Gasteiger partial charge >= 0.3 is 5.97 Å². The Hall–Kier alpha value is -2.36. The van der Waals surface area contributed by atoms with Crippen LogP contribution in [0.4, 0.5) is 0 Å². The lowest BCUT2D eigenvalue weighted by Gasteiger charge is -2.19. The third-order valence-electron chi connectivity index (χ3n) is 4.39. The zero-order valence-electron chi connectivity index (χ0n) is 14.4. The maximum absolute atomic E-state index is 11.8. The van der Waals surface area contributed by atoms with Crippen molar-refractivity contribution in [1.29, 1.82) is 0 Å². The first-order valence-corrected chi connectivity index (χ1v) is 8.44. The van der Waals surface area contributed by atoms with Crippen molar-refractivity contribution in [2.24, 2.45) is 5.92 Å². The van der Waals surface area contributed by atoms with E-state index in [0.29, 0.717) is 6.54 Å². The fourth-order valence-corrected chi connectivity index (χ4v) is 2.80. The van der Waals surface area contributed by atoms with Crippen LogP contribution in [0.2, 0.25) is 0 Å². The molecular weight excluding hydrogens is 302 g/mol. The van der Waals surface area contributed by atoms with Gasteiger partial charge in [0, 0.05) is 13.6 Å². The molecule has 0 spiro atoms. The second-order valence-corrected chi connectivity index (χ2v) is 6.31. The summed E-state index contributed by atoms with van der Waals surface area (Å²) in [5, 5.41) is 11.4. The Morgan fingerprint density at radius 3 is 2.46 bits per heavy atom. The molecule has 2 aromatic carbocycles. The van der Waals surface area contributed by atoms with Crippen LogP contribution in [0.3, 0.4) is 0 Å². The average Bonchev–Trinajstić information content (AvgIpc) is 2.59. The number of benzene rings is 2. The molecule has 0 saturated heterocycles. The van der Waals surface area contributed by atoms with Gasteiger partial charge in [-0.25, -0.2) is 0 Å². The SMILES string of the molecule is CC(C(=O)O)C(=O)N(C)CCCCCc1ccc2ccccc2c1. The standard InChI is InChI=1S/C20H25NO3/c1-15(20(23)24)19(22)21(2)13-7-3-4-8-16-11-12-17-9-5-6-10-18(17)14-16/h5-6,9-12,14-15H,3-4,7-8,13H2,1-2H3,(H,23,24). The first-order valence-electron chi connectivity index (χ1n) is 8.44. The van der Waals surface area contributed by atoms with Crippen LogP contribution in [-0.2, 0) is 16.0 Å². The van der Waals surface area contributed by atoms with Gasteiger partial charge in [-0.1, -0.05) is 48.9 Å². The largest absolute Gasteiger partial charge is 0.481 e. The fourth-order valence-electron chi connectivity index (χ4n) is 2.80. The van der Waals surface area contributed by atoms with Crippen molar-refractivity contribution < 1.29 is 14.7 Å². The van der Waals surface area contributed by atoms with E-state index in [-0.39, 0.29) is 5.91 Å². The van der Waals surface area contributed by atoms with Crippen molar-refractivity contribution in [3.05, 3.63) is 48.0 Å². The van der Waals surface area contributed by atoms with Crippen LogP contribution < -0.4 is 0 Å². The molecule has 4 heteroatoms. The van der Waals surface area contributed by atoms with Gasteiger partial charge in [-0.3, -0.25) is 9.59 Å². The average molecular weight is 327 g/mol. The van der Waals surface area contributed by atoms with E-state index in [4.69, 9.17) is 5.11 Å². The van der Waals surface area contributed by atoms with Crippen molar-refractivity contribution in [2.45, 2.75) is 32.6 Å². The monoisotopic (exact) mass is 327 g/mol. The molecule has 0 aliphatic carbocycles. The number of hydrogen-bond acceptors (Lipinski definition) is 2. The molecule has 2 aromatic rings. The van der Waals surface area contributed by atoms with Gasteiger partial charge in [-0.05, 0) is 42.5 Å². The number of carbonyl (C=O) groups is 2. The van der Waals surface area contributed by atoms with Crippen LogP contribution in [-0.4, -0.2) is 35.5 Å². The smallest absolute Gasteiger partial charge is 0.315 e. The summed E-state index contributed by atoms with van der Waals surface area (Å²) in [4.78, 5) is 24.2. The number of carbonyl (C=O) groups excluding carboxylic acids is 1. The van der Waals surface area contributed by atoms with Gasteiger partial charge in [0.15, 0.2) is 0 Å². The topological polar surface area (TPSA) is 57.6 Å². The molecule has 24 heavy (non-hydrogen) atoms. The summed E-state index contributed by atoms with van der Waals surface area (Å²) in [6.07, 6.45) is 4.00. The summed E-state index contributed by atoms with van der Waals surface area (Å²) in [5.74, 6) is -2.35. The molecule has 0 aliphatic rings. The zero-order valence-corrected chi connectivity index (χ0v) is 14.4. The van der Waals surface area contributed by atoms with E-state index >= 15 is 0 Å². The molecular formula is C20H25NO3. The van der Waals surface area contributed by atoms with Crippen LogP contribution in [0.5, 0.6) is 0 Å². The highest BCUT2D eigenvalue weighted by Crippen LogP contribution is 2.17. The minimum atomic E-state index is -1.07. The van der Waals surface area contributed by atoms with Crippen molar-refractivity contribution in [3.63, 3.8) is 0 Å². The number of rotatable bonds is 8. The third-order valence-corrected chi connectivity index (χ3v) is 4.39. The summed E-state index contributed by atoms with van der Waals surface area (Å²) >= 11 is 0. The predicted molar refractivity (Wildman–Crippen MR) is 95.9 cm³/mol. The van der Waals surface area contributed by atoms with E-state index in [9.17, 15) is 9.59 Å². The van der Waals surface area contributed by atoms with Gasteiger partial charge in [0.1, 0.15) is 5.92 Å². The molecule has 0 fully saturated rings. The van der Waals surface area contributed by atoms with E-state index in [1.807, 2.05) is 6.07 Å². The highest BCUT2D eigenvalue weighted by molar-refractivity contribution is 5.96. The molecule has 128 valence electrons. The Labute approximate surface area is 143 Å². The van der Waals surface area contributed by atoms with Gasteiger partial charge in [0.2, 0.25) is 5.91 Å². The number of nitrogens with zero attached hydrogens (tertiary/aromatic N) is 1. The molecule has 0 radical (unpaired) electrons. The van der Waals surface area contributed by atoms with Crippen molar-refractivity contribution in [3.8, 4) is 0 Å². The van der Waals surface area contributed by atoms with Gasteiger partial charge in [0.05, 0.1) is 0 Å². The number of carboxylic acids is 1. The van der Waals surface area contributed by atoms with Gasteiger partial charge in [0.25, 0.3) is 0 Å². The predicted octanol–water partition coefficient (Wildman–Crippen LogP) is 3.73. The second kappa shape index (κ2) is 8.48. The normalized spacial score (nSPS) is 12.1. The summed E-state index contributed by atoms with van der Waals surface area (Å²) in [6.45, 7) is 2.04. The first kappa shape index (κ1) is 18.0. The van der Waals surface area contributed by atoms with Crippen molar-refractivity contribution >= 4 is 22.6 Å². The molecule has 1 N–H and O–H groups in total. The molecule has 1 unspecified atom stereocenters. The quantitative estimate of drug-likeness (QED) is 0.594. The second-order valence-electron chi connectivity index (χ2n) is 6.31. The molecule has 0 aromatic heterocycles. The lowest BCUT2D eigenvalue weighted by atomic mass is 10.0. The molecule has 0 heterocycles. The number of fused-ring (bicyclic) bond motifs is 1. The Balaban J connectivity index is 1.72. The van der Waals surface area contributed by atoms with Crippen LogP contribution in [0, 0.1) is 5.92 Å². The first-order chi connectivity index (χ1) is 11.5. The highest BCUT2D eigenvalue weighted by Gasteiger charge is 2.23. The summed E-state index contributed by atoms with van der Waals surface area (Å²) in [5.41, 5.74) is 1.33. The zero-order chi connectivity index (χ0) is 17.5. The third kappa shape index (κ3) is 4.82. The minimum Gasteiger partial charge on any atom is -0.481 e. The Morgan fingerprint density at radius 1 is 1.04 bits per heavy atom. The van der Waals surface area contributed by atoms with E-state index in [2.05, 4.69) is 36.4 Å². The van der Waals surface area contributed by atoms with Gasteiger partial charge in [-0.15, -0.1) is 0 Å². The van der Waals surface area contributed by atoms with Crippen LogP contribution in [0.1, 0.15) is 31.7 Å². The fraction of sp³-hybridized carbons (Fsp3) is 0.400. The van der Waals surface area contributed by atoms with Crippen LogP contribution in [0.15, 0.2) is 42.5 Å². The van der Waals surface area contributed by atoms with E-state index in [1.165, 1.54) is 28.2 Å². The molecule has 1 amide bonds. The van der Waals surface area contributed by atoms with Gasteiger partial charge in [-0.2, -0.15) is 0 Å². The lowest BCUT2D eigenvalue weighted by Crippen LogP contribution is -2.35. The van der Waals surface area contributed by atoms with Gasteiger partial charge < -0.3 is 10.0 Å². The molecule has 0 bridgehead atoms. The molecule has 4 nitrogen and oxygen atoms in total. The molecule has 1 atom stereocenters. The number of hydrogen-bond donors (Lipinski definition) is 1. The number of unbranched alkanes of at least 4 members (excludes halogenated alkanes) is 2. The van der Waals surface area contributed by atoms with Crippen LogP contribution >= 0.6 is 0 Å². The van der Waals surface area contributed by atoms with Crippen LogP contribution in [0.25, 0.3) is 10.8 Å². The Kier molecular flexibility index (Phi) is 6.36. The maximum Gasteiger partial charge on any atom is 0.315 e. The number of carboxylic acid groups (broad SMARTS) is 1. The number of amides is 1. The van der Waals surface area contributed by atoms with Crippen molar-refractivity contribution in [2.75, 3.05) is 13.6 Å². The van der Waals surface area contributed by atoms with Crippen molar-refractivity contribution in [1.82, 2.24) is 4.90 Å². The minimum absolute atomic E-state index is 0.322. The highest BCUT2D eigenvalue weighted by atomic mass is 16.4. The Bertz CT molecular complexity index is 711. The van der Waals surface area contributed by atoms with E-state index in [1.54, 1.807) is 7.05 Å². The molecule has 0 aliphatic heterocycles. The number of aryl methyl sites for hydroxylation is 1. The summed E-state index contributed by atoms with van der Waals surface area (Å²) in [6, 6.07) is 14.9. The molecule has 0 saturated carbocycles. The van der Waals surface area contributed by atoms with E-state index in [0.717, 1.165) is 25.7 Å². The lowest BCUT2D eigenvalue weighted by molar-refractivity contribution is -0.149.